The SMILES string of the molecule is Bc1c(B)c(B)c2c(-c3cccc4oc5cc6ccccc6cc5c34)c3c(B)c(B)c(B)c(B)c3c(-c3cc(-c4ccccc4)cc(-c4ccccc4)c3)c2c1B. The van der Waals surface area contributed by atoms with Gasteiger partial charge in [-0.1, -0.05) is 119 Å². The fourth-order valence-electron chi connectivity index (χ4n) is 9.77. The largest absolute Gasteiger partial charge is 0.456 e. The zero-order chi connectivity index (χ0) is 39.3. The van der Waals surface area contributed by atoms with Gasteiger partial charge in [0, 0.05) is 10.8 Å². The average Bonchev–Trinajstić information content (AvgIpc) is 3.62. The van der Waals surface area contributed by atoms with Crippen LogP contribution in [0.3, 0.4) is 0 Å². The molecule has 0 aliphatic heterocycles. The first-order chi connectivity index (χ1) is 27.6. The minimum absolute atomic E-state index is 0.919. The molecule has 0 bridgehead atoms. The first kappa shape index (κ1) is 35.5. The third-order valence-corrected chi connectivity index (χ3v) is 13.4. The molecule has 10 aromatic rings. The van der Waals surface area contributed by atoms with Crippen LogP contribution in [0.25, 0.3) is 98.8 Å². The molecule has 10 rings (SSSR count). The molecule has 0 spiro atoms. The topological polar surface area (TPSA) is 13.1 Å². The molecular weight excluding hydrogens is 679 g/mol. The van der Waals surface area contributed by atoms with E-state index in [-0.39, 0.29) is 0 Å². The summed E-state index contributed by atoms with van der Waals surface area (Å²) in [7, 11) is 18.7. The van der Waals surface area contributed by atoms with Gasteiger partial charge < -0.3 is 4.42 Å². The molecule has 0 atom stereocenters. The summed E-state index contributed by atoms with van der Waals surface area (Å²) in [5.74, 6) is 0. The highest BCUT2D eigenvalue weighted by molar-refractivity contribution is 6.71. The van der Waals surface area contributed by atoms with E-state index >= 15 is 0 Å². The molecule has 1 heterocycles. The van der Waals surface area contributed by atoms with Crippen molar-refractivity contribution in [3.8, 4) is 44.5 Å². The van der Waals surface area contributed by atoms with Crippen LogP contribution in [0.1, 0.15) is 0 Å². The quantitative estimate of drug-likeness (QED) is 0.182. The van der Waals surface area contributed by atoms with Gasteiger partial charge in [-0.25, -0.2) is 0 Å². The van der Waals surface area contributed by atoms with Crippen LogP contribution in [0, 0.1) is 0 Å². The summed E-state index contributed by atoms with van der Waals surface area (Å²) >= 11 is 0. The highest BCUT2D eigenvalue weighted by Gasteiger charge is 2.27. The third kappa shape index (κ3) is 5.35. The molecular formula is C48H38B8O. The van der Waals surface area contributed by atoms with Crippen LogP contribution in [0.5, 0.6) is 0 Å². The molecule has 1 nitrogen and oxygen atoms in total. The van der Waals surface area contributed by atoms with E-state index in [1.54, 1.807) is 0 Å². The summed E-state index contributed by atoms with van der Waals surface area (Å²) in [5, 5.41) is 10.1. The second kappa shape index (κ2) is 13.3. The van der Waals surface area contributed by atoms with Crippen LogP contribution >= 0.6 is 0 Å². The summed E-state index contributed by atoms with van der Waals surface area (Å²) in [6.45, 7) is 0. The maximum absolute atomic E-state index is 6.74. The number of rotatable bonds is 4. The molecule has 9 aromatic carbocycles. The fraction of sp³-hybridized carbons (Fsp3) is 0. The van der Waals surface area contributed by atoms with E-state index in [2.05, 4.69) is 196 Å². The molecule has 1 aromatic heterocycles. The zero-order valence-corrected chi connectivity index (χ0v) is 34.1. The summed E-state index contributed by atoms with van der Waals surface area (Å²) in [6.07, 6.45) is 0. The van der Waals surface area contributed by atoms with Gasteiger partial charge in [0.1, 0.15) is 73.9 Å². The fourth-order valence-corrected chi connectivity index (χ4v) is 9.77. The van der Waals surface area contributed by atoms with Gasteiger partial charge in [-0.15, -0.1) is 21.9 Å². The Kier molecular flexibility index (Phi) is 8.31. The van der Waals surface area contributed by atoms with Crippen molar-refractivity contribution in [3.05, 3.63) is 133 Å². The van der Waals surface area contributed by atoms with Crippen molar-refractivity contribution in [2.45, 2.75) is 0 Å². The Hall–Kier alpha value is -5.92. The van der Waals surface area contributed by atoms with Crippen LogP contribution in [0.15, 0.2) is 138 Å². The van der Waals surface area contributed by atoms with Crippen molar-refractivity contribution in [3.63, 3.8) is 0 Å². The predicted octanol–water partition coefficient (Wildman–Crippen LogP) is -0.219. The molecule has 0 radical (unpaired) electrons. The highest BCUT2D eigenvalue weighted by Crippen LogP contribution is 2.46. The number of benzene rings is 9. The Balaban J connectivity index is 1.45. The van der Waals surface area contributed by atoms with Gasteiger partial charge in [0.05, 0.1) is 0 Å². The molecule has 0 aliphatic carbocycles. The van der Waals surface area contributed by atoms with Crippen LogP contribution < -0.4 is 43.7 Å². The van der Waals surface area contributed by atoms with Gasteiger partial charge in [0.25, 0.3) is 0 Å². The molecule has 0 amide bonds. The first-order valence-electron chi connectivity index (χ1n) is 20.2. The smallest absolute Gasteiger partial charge is 0.139 e. The van der Waals surface area contributed by atoms with Crippen molar-refractivity contribution in [1.82, 2.24) is 0 Å². The van der Waals surface area contributed by atoms with Gasteiger partial charge >= 0.3 is 0 Å². The summed E-state index contributed by atoms with van der Waals surface area (Å²) < 4.78 is 6.74. The van der Waals surface area contributed by atoms with E-state index in [0.717, 1.165) is 16.6 Å². The number of hydrogen-bond acceptors (Lipinski definition) is 1. The van der Waals surface area contributed by atoms with Gasteiger partial charge in [0.2, 0.25) is 0 Å². The minimum atomic E-state index is 0.919. The molecule has 260 valence electrons. The lowest BCUT2D eigenvalue weighted by molar-refractivity contribution is 0.669. The van der Waals surface area contributed by atoms with Crippen molar-refractivity contribution in [1.29, 1.82) is 0 Å². The monoisotopic (exact) mass is 718 g/mol. The van der Waals surface area contributed by atoms with E-state index < -0.39 is 0 Å². The van der Waals surface area contributed by atoms with E-state index in [1.165, 1.54) is 126 Å². The second-order valence-corrected chi connectivity index (χ2v) is 16.3. The molecule has 0 saturated heterocycles. The van der Waals surface area contributed by atoms with E-state index in [0.29, 0.717) is 0 Å². The first-order valence-corrected chi connectivity index (χ1v) is 20.2. The molecule has 57 heavy (non-hydrogen) atoms. The lowest BCUT2D eigenvalue weighted by atomic mass is 9.59. The molecule has 0 aliphatic rings. The minimum Gasteiger partial charge on any atom is -0.456 e. The maximum atomic E-state index is 6.74. The molecule has 0 unspecified atom stereocenters. The Morgan fingerprint density at radius 2 is 0.737 bits per heavy atom. The van der Waals surface area contributed by atoms with Gasteiger partial charge in [-0.05, 0) is 113 Å². The van der Waals surface area contributed by atoms with Crippen LogP contribution in [0.4, 0.5) is 0 Å². The third-order valence-electron chi connectivity index (χ3n) is 13.4. The van der Waals surface area contributed by atoms with Crippen LogP contribution in [0.2, 0.25) is 0 Å². The zero-order valence-electron chi connectivity index (χ0n) is 34.1. The molecule has 0 fully saturated rings. The van der Waals surface area contributed by atoms with Crippen LogP contribution in [-0.4, -0.2) is 62.8 Å². The Bertz CT molecular complexity index is 3180. The van der Waals surface area contributed by atoms with Gasteiger partial charge in [0.15, 0.2) is 0 Å². The Morgan fingerprint density at radius 3 is 1.25 bits per heavy atom. The number of furan rings is 1. The van der Waals surface area contributed by atoms with Crippen molar-refractivity contribution in [2.24, 2.45) is 0 Å². The highest BCUT2D eigenvalue weighted by atomic mass is 16.3. The second-order valence-electron chi connectivity index (χ2n) is 16.3. The lowest BCUT2D eigenvalue weighted by Crippen LogP contribution is -2.50. The summed E-state index contributed by atoms with van der Waals surface area (Å²) in [6, 6.07) is 48.8. The van der Waals surface area contributed by atoms with Crippen molar-refractivity contribution in [2.75, 3.05) is 0 Å². The lowest BCUT2D eigenvalue weighted by Gasteiger charge is -2.28. The summed E-state index contributed by atoms with van der Waals surface area (Å²) in [5.41, 5.74) is 22.5. The number of hydrogen-bond donors (Lipinski definition) is 0. The van der Waals surface area contributed by atoms with E-state index in [1.807, 2.05) is 0 Å². The van der Waals surface area contributed by atoms with Gasteiger partial charge in [-0.3, -0.25) is 0 Å². The average molecular weight is 717 g/mol. The standard InChI is InChI=1S/C48H38B8O/c49-41-37-34(29-19-27(23-10-3-1-4-11-23)18-28(20-29)24-12-5-2-6-13-24)38-40(44(52)48(56)46(54)42(38)50)36(39(37)43(51)47(55)45(41)53)30-16-9-17-32-35(30)31-21-25-14-7-8-15-26(25)22-33(31)57-32/h1-22H,49-56H2. The van der Waals surface area contributed by atoms with Crippen LogP contribution in [-0.2, 0) is 0 Å². The molecule has 0 N–H and O–H groups in total. The van der Waals surface area contributed by atoms with Crippen molar-refractivity contribution < 1.29 is 4.42 Å². The van der Waals surface area contributed by atoms with E-state index in [9.17, 15) is 0 Å². The maximum Gasteiger partial charge on any atom is 0.139 e. The Morgan fingerprint density at radius 1 is 0.298 bits per heavy atom. The number of fused-ring (bicyclic) bond motifs is 6. The molecule has 0 saturated carbocycles. The Labute approximate surface area is 341 Å². The predicted molar refractivity (Wildman–Crippen MR) is 273 cm³/mol. The van der Waals surface area contributed by atoms with Crippen molar-refractivity contribution >= 4 is 161 Å². The normalized spacial score (nSPS) is 11.7. The molecule has 9 heteroatoms. The van der Waals surface area contributed by atoms with Gasteiger partial charge in [-0.2, -0.15) is 0 Å². The van der Waals surface area contributed by atoms with E-state index in [4.69, 9.17) is 4.42 Å². The summed E-state index contributed by atoms with van der Waals surface area (Å²) in [4.78, 5) is 0.